The Kier molecular flexibility index (Phi) is 5.19. The molecule has 0 amide bonds. The van der Waals surface area contributed by atoms with Gasteiger partial charge in [-0.15, -0.1) is 0 Å². The van der Waals surface area contributed by atoms with Crippen LogP contribution in [0.4, 0.5) is 0 Å². The maximum Gasteiger partial charge on any atom is 0.397 e. The molecule has 3 N–H and O–H groups in total. The highest BCUT2D eigenvalue weighted by Crippen LogP contribution is 2.08. The van der Waals surface area contributed by atoms with Crippen molar-refractivity contribution in [2.75, 3.05) is 6.61 Å². The van der Waals surface area contributed by atoms with E-state index < -0.39 is 41.3 Å². The Bertz CT molecular complexity index is 331. The van der Waals surface area contributed by atoms with Gasteiger partial charge in [-0.25, -0.2) is 4.18 Å². The quantitative estimate of drug-likeness (QED) is 0.501. The summed E-state index contributed by atoms with van der Waals surface area (Å²) in [4.78, 5) is 20.6. The highest BCUT2D eigenvalue weighted by Gasteiger charge is 2.21. The Balaban J connectivity index is 4.17. The van der Waals surface area contributed by atoms with Crippen molar-refractivity contribution in [3.63, 3.8) is 0 Å². The summed E-state index contributed by atoms with van der Waals surface area (Å²) in [6.45, 7) is -0.790. The third-order valence-electron chi connectivity index (χ3n) is 1.47. The Labute approximate surface area is 85.4 Å². The van der Waals surface area contributed by atoms with Gasteiger partial charge in [0.15, 0.2) is 0 Å². The van der Waals surface area contributed by atoms with Crippen molar-refractivity contribution in [2.24, 2.45) is 5.92 Å². The van der Waals surface area contributed by atoms with Crippen molar-refractivity contribution < 1.29 is 37.0 Å². The molecule has 0 aliphatic rings. The molecule has 0 heterocycles. The van der Waals surface area contributed by atoms with E-state index in [2.05, 4.69) is 4.18 Å². The zero-order valence-corrected chi connectivity index (χ0v) is 8.31. The minimum Gasteiger partial charge on any atom is -0.481 e. The van der Waals surface area contributed by atoms with E-state index in [0.717, 1.165) is 0 Å². The maximum absolute atomic E-state index is 10.5. The number of carbonyl (C=O) groups is 2. The summed E-state index contributed by atoms with van der Waals surface area (Å²) in [7, 11) is -4.70. The van der Waals surface area contributed by atoms with Crippen LogP contribution in [0.15, 0.2) is 0 Å². The standard InChI is InChI=1S/C6H10O8S/c7-5(8)2-1-4(6(9)10)3-14-15(11,12)13/h4H,1-3H2,(H,7,8)(H,9,10)(H,11,12,13)/t4-/m0/s1. The SMILES string of the molecule is O=C(O)CC[C@@H](COS(=O)(=O)O)C(=O)O. The largest absolute Gasteiger partial charge is 0.481 e. The Hall–Kier alpha value is -1.19. The van der Waals surface area contributed by atoms with Crippen molar-refractivity contribution in [1.29, 1.82) is 0 Å². The second-order valence-electron chi connectivity index (χ2n) is 2.68. The van der Waals surface area contributed by atoms with Crippen molar-refractivity contribution >= 4 is 22.3 Å². The molecule has 0 aromatic carbocycles. The van der Waals surface area contributed by atoms with Gasteiger partial charge in [-0.3, -0.25) is 14.1 Å². The molecule has 0 bridgehead atoms. The van der Waals surface area contributed by atoms with Gasteiger partial charge >= 0.3 is 22.3 Å². The van der Waals surface area contributed by atoms with Gasteiger partial charge < -0.3 is 10.2 Å². The minimum absolute atomic E-state index is 0.278. The van der Waals surface area contributed by atoms with Gasteiger partial charge in [-0.1, -0.05) is 0 Å². The van der Waals surface area contributed by atoms with Crippen molar-refractivity contribution in [2.45, 2.75) is 12.8 Å². The smallest absolute Gasteiger partial charge is 0.397 e. The van der Waals surface area contributed by atoms with Crippen molar-refractivity contribution in [3.8, 4) is 0 Å². The summed E-state index contributed by atoms with van der Waals surface area (Å²) in [5, 5.41) is 16.8. The summed E-state index contributed by atoms with van der Waals surface area (Å²) in [5.74, 6) is -3.88. The minimum atomic E-state index is -4.70. The molecule has 9 heteroatoms. The van der Waals surface area contributed by atoms with Crippen LogP contribution in [0.3, 0.4) is 0 Å². The van der Waals surface area contributed by atoms with Crippen molar-refractivity contribution in [3.05, 3.63) is 0 Å². The molecule has 1 atom stereocenters. The van der Waals surface area contributed by atoms with Gasteiger partial charge in [0.25, 0.3) is 0 Å². The first kappa shape index (κ1) is 13.8. The van der Waals surface area contributed by atoms with E-state index in [1.807, 2.05) is 0 Å². The highest BCUT2D eigenvalue weighted by molar-refractivity contribution is 7.80. The molecular weight excluding hydrogens is 232 g/mol. The maximum atomic E-state index is 10.5. The zero-order valence-electron chi connectivity index (χ0n) is 7.49. The van der Waals surface area contributed by atoms with Crippen LogP contribution in [0.1, 0.15) is 12.8 Å². The van der Waals surface area contributed by atoms with E-state index in [9.17, 15) is 18.0 Å². The average molecular weight is 242 g/mol. The van der Waals surface area contributed by atoms with E-state index in [-0.39, 0.29) is 6.42 Å². The fourth-order valence-corrected chi connectivity index (χ4v) is 1.08. The van der Waals surface area contributed by atoms with Gasteiger partial charge in [0.1, 0.15) is 0 Å². The van der Waals surface area contributed by atoms with E-state index in [1.54, 1.807) is 0 Å². The molecule has 0 unspecified atom stereocenters. The lowest BCUT2D eigenvalue weighted by molar-refractivity contribution is -0.143. The summed E-state index contributed by atoms with van der Waals surface area (Å²) >= 11 is 0. The summed E-state index contributed by atoms with van der Waals surface area (Å²) < 4.78 is 32.2. The first-order valence-corrected chi connectivity index (χ1v) is 5.15. The summed E-state index contributed by atoms with van der Waals surface area (Å²) in [6.07, 6.45) is -0.702. The van der Waals surface area contributed by atoms with Crippen LogP contribution in [0, 0.1) is 5.92 Å². The molecule has 0 spiro atoms. The lowest BCUT2D eigenvalue weighted by atomic mass is 10.1. The van der Waals surface area contributed by atoms with E-state index in [4.69, 9.17) is 14.8 Å². The second kappa shape index (κ2) is 5.63. The molecule has 15 heavy (non-hydrogen) atoms. The molecule has 88 valence electrons. The molecule has 0 fully saturated rings. The fourth-order valence-electron chi connectivity index (χ4n) is 0.744. The Morgan fingerprint density at radius 1 is 1.27 bits per heavy atom. The van der Waals surface area contributed by atoms with Gasteiger partial charge in [-0.05, 0) is 6.42 Å². The van der Waals surface area contributed by atoms with Crippen LogP contribution in [0.5, 0.6) is 0 Å². The molecule has 0 saturated carbocycles. The van der Waals surface area contributed by atoms with Crippen LogP contribution in [-0.4, -0.2) is 41.7 Å². The fraction of sp³-hybridized carbons (Fsp3) is 0.667. The molecule has 0 aromatic heterocycles. The van der Waals surface area contributed by atoms with Gasteiger partial charge in [-0.2, -0.15) is 8.42 Å². The Morgan fingerprint density at radius 3 is 2.13 bits per heavy atom. The number of rotatable bonds is 7. The number of aliphatic carboxylic acids is 2. The van der Waals surface area contributed by atoms with Crippen LogP contribution in [0.2, 0.25) is 0 Å². The summed E-state index contributed by atoms with van der Waals surface area (Å²) in [5.41, 5.74) is 0. The highest BCUT2D eigenvalue weighted by atomic mass is 32.3. The van der Waals surface area contributed by atoms with Gasteiger partial charge in [0.05, 0.1) is 12.5 Å². The third-order valence-corrected chi connectivity index (χ3v) is 1.91. The summed E-state index contributed by atoms with van der Waals surface area (Å²) in [6, 6.07) is 0. The first-order chi connectivity index (χ1) is 6.72. The predicted molar refractivity (Wildman–Crippen MR) is 45.5 cm³/mol. The molecule has 8 nitrogen and oxygen atoms in total. The molecule has 0 aliphatic heterocycles. The zero-order chi connectivity index (χ0) is 12.1. The van der Waals surface area contributed by atoms with Crippen molar-refractivity contribution in [1.82, 2.24) is 0 Å². The van der Waals surface area contributed by atoms with E-state index >= 15 is 0 Å². The second-order valence-corrected chi connectivity index (χ2v) is 3.77. The predicted octanol–water partition coefficient (Wildman–Crippen LogP) is -0.629. The van der Waals surface area contributed by atoms with Crippen LogP contribution in [-0.2, 0) is 24.2 Å². The number of hydrogen-bond acceptors (Lipinski definition) is 5. The molecule has 0 saturated heterocycles. The molecule has 0 radical (unpaired) electrons. The van der Waals surface area contributed by atoms with E-state index in [1.165, 1.54) is 0 Å². The Morgan fingerprint density at radius 2 is 1.80 bits per heavy atom. The molecular formula is C6H10O8S. The van der Waals surface area contributed by atoms with Gasteiger partial charge in [0, 0.05) is 6.42 Å². The van der Waals surface area contributed by atoms with Gasteiger partial charge in [0.2, 0.25) is 0 Å². The average Bonchev–Trinajstić information content (AvgIpc) is 2.00. The normalized spacial score (nSPS) is 13.4. The lowest BCUT2D eigenvalue weighted by Crippen LogP contribution is -2.22. The monoisotopic (exact) mass is 242 g/mol. The molecule has 0 aliphatic carbocycles. The lowest BCUT2D eigenvalue weighted by Gasteiger charge is -2.09. The molecule has 0 aromatic rings. The van der Waals surface area contributed by atoms with Crippen LogP contribution in [0.25, 0.3) is 0 Å². The number of carboxylic acid groups (broad SMARTS) is 2. The van der Waals surface area contributed by atoms with E-state index in [0.29, 0.717) is 0 Å². The number of hydrogen-bond donors (Lipinski definition) is 3. The number of carboxylic acids is 2. The molecule has 0 rings (SSSR count). The topological polar surface area (TPSA) is 138 Å². The third kappa shape index (κ3) is 7.85. The van der Waals surface area contributed by atoms with Crippen LogP contribution < -0.4 is 0 Å². The first-order valence-electron chi connectivity index (χ1n) is 3.79. The van der Waals surface area contributed by atoms with Crippen LogP contribution >= 0.6 is 0 Å².